The molecule has 178 valence electrons. The van der Waals surface area contributed by atoms with Crippen molar-refractivity contribution in [3.8, 4) is 5.75 Å². The van der Waals surface area contributed by atoms with Gasteiger partial charge in [-0.25, -0.2) is 4.79 Å². The van der Waals surface area contributed by atoms with E-state index >= 15 is 0 Å². The number of fused-ring (bicyclic) bond motifs is 1. The van der Waals surface area contributed by atoms with E-state index in [1.54, 1.807) is 0 Å². The van der Waals surface area contributed by atoms with Crippen molar-refractivity contribution in [3.63, 3.8) is 0 Å². The summed E-state index contributed by atoms with van der Waals surface area (Å²) in [5.41, 5.74) is 4.61. The highest BCUT2D eigenvalue weighted by Crippen LogP contribution is 2.39. The molecule has 1 N–H and O–H groups in total. The topological polar surface area (TPSA) is 85.5 Å². The van der Waals surface area contributed by atoms with Crippen LogP contribution in [0.4, 0.5) is 0 Å². The van der Waals surface area contributed by atoms with Gasteiger partial charge in [0.2, 0.25) is 5.89 Å². The average molecular weight is 469 g/mol. The summed E-state index contributed by atoms with van der Waals surface area (Å²) in [5, 5.41) is 13.3. The standard InChI is InChI=1S/C29H28N2O4/c32-27(33)19-34-25-16-8-14-23-20(13-7-15-24(23)25)17-18-26-30-29(35-31-26)28(21-9-3-1-4-10-21)22-11-5-2-6-12-22/h1-6,8-12,14,16,20,28H,7,13,15,17-19H2,(H,32,33). The molecule has 0 bridgehead atoms. The summed E-state index contributed by atoms with van der Waals surface area (Å²) >= 11 is 0. The molecule has 0 saturated heterocycles. The summed E-state index contributed by atoms with van der Waals surface area (Å²) in [6.07, 6.45) is 4.65. The molecule has 6 nitrogen and oxygen atoms in total. The molecule has 1 aliphatic carbocycles. The van der Waals surface area contributed by atoms with E-state index in [0.717, 1.165) is 42.4 Å². The van der Waals surface area contributed by atoms with Gasteiger partial charge in [-0.3, -0.25) is 0 Å². The molecular weight excluding hydrogens is 440 g/mol. The zero-order valence-electron chi connectivity index (χ0n) is 19.5. The largest absolute Gasteiger partial charge is 0.482 e. The summed E-state index contributed by atoms with van der Waals surface area (Å²) in [6.45, 7) is -0.323. The number of ether oxygens (including phenoxy) is 1. The second-order valence-electron chi connectivity index (χ2n) is 8.94. The third kappa shape index (κ3) is 5.27. The van der Waals surface area contributed by atoms with Crippen LogP contribution in [-0.4, -0.2) is 27.8 Å². The number of aromatic nitrogens is 2. The van der Waals surface area contributed by atoms with Gasteiger partial charge in [-0.05, 0) is 59.9 Å². The van der Waals surface area contributed by atoms with Gasteiger partial charge in [-0.15, -0.1) is 0 Å². The first-order valence-corrected chi connectivity index (χ1v) is 12.1. The molecule has 35 heavy (non-hydrogen) atoms. The highest BCUT2D eigenvalue weighted by molar-refractivity contribution is 5.68. The molecule has 1 aromatic heterocycles. The van der Waals surface area contributed by atoms with Crippen LogP contribution in [-0.2, 0) is 17.6 Å². The Morgan fingerprint density at radius 3 is 2.40 bits per heavy atom. The number of aliphatic carboxylic acids is 1. The first-order chi connectivity index (χ1) is 17.2. The van der Waals surface area contributed by atoms with Gasteiger partial charge < -0.3 is 14.4 Å². The Labute approximate surface area is 204 Å². The zero-order valence-corrected chi connectivity index (χ0v) is 19.5. The molecule has 0 amide bonds. The van der Waals surface area contributed by atoms with Crippen molar-refractivity contribution in [1.29, 1.82) is 0 Å². The quantitative estimate of drug-likeness (QED) is 0.336. The predicted octanol–water partition coefficient (Wildman–Crippen LogP) is 5.77. The molecule has 4 aromatic rings. The molecule has 5 rings (SSSR count). The number of nitrogens with zero attached hydrogens (tertiary/aromatic N) is 2. The Morgan fingerprint density at radius 2 is 1.71 bits per heavy atom. The molecule has 1 atom stereocenters. The normalized spacial score (nSPS) is 15.1. The summed E-state index contributed by atoms with van der Waals surface area (Å²) < 4.78 is 11.3. The van der Waals surface area contributed by atoms with Crippen LogP contribution in [0, 0.1) is 0 Å². The van der Waals surface area contributed by atoms with Gasteiger partial charge >= 0.3 is 5.97 Å². The fraction of sp³-hybridized carbons (Fsp3) is 0.276. The SMILES string of the molecule is O=C(O)COc1cccc2c1CCCC2CCc1noc(C(c2ccccc2)c2ccccc2)n1. The van der Waals surface area contributed by atoms with E-state index < -0.39 is 5.97 Å². The second kappa shape index (κ2) is 10.6. The lowest BCUT2D eigenvalue weighted by Crippen LogP contribution is -2.15. The van der Waals surface area contributed by atoms with Crippen molar-refractivity contribution < 1.29 is 19.2 Å². The number of hydrogen-bond donors (Lipinski definition) is 1. The van der Waals surface area contributed by atoms with Crippen LogP contribution >= 0.6 is 0 Å². The molecule has 1 aliphatic rings. The van der Waals surface area contributed by atoms with Crippen molar-refractivity contribution in [3.05, 3.63) is 113 Å². The Bertz CT molecular complexity index is 1230. The highest BCUT2D eigenvalue weighted by Gasteiger charge is 2.26. The molecule has 1 unspecified atom stereocenters. The minimum atomic E-state index is -0.966. The maximum absolute atomic E-state index is 10.9. The molecule has 3 aromatic carbocycles. The van der Waals surface area contributed by atoms with E-state index in [0.29, 0.717) is 29.8 Å². The maximum Gasteiger partial charge on any atom is 0.341 e. The van der Waals surface area contributed by atoms with Crippen molar-refractivity contribution in [2.24, 2.45) is 0 Å². The van der Waals surface area contributed by atoms with Crippen molar-refractivity contribution in [2.45, 2.75) is 43.9 Å². The second-order valence-corrected chi connectivity index (χ2v) is 8.94. The van der Waals surface area contributed by atoms with Gasteiger partial charge in [0.25, 0.3) is 0 Å². The summed E-state index contributed by atoms with van der Waals surface area (Å²) in [4.78, 5) is 15.8. The van der Waals surface area contributed by atoms with Crippen molar-refractivity contribution >= 4 is 5.97 Å². The van der Waals surface area contributed by atoms with E-state index in [1.807, 2.05) is 48.5 Å². The lowest BCUT2D eigenvalue weighted by atomic mass is 9.80. The number of carboxylic acid groups (broad SMARTS) is 1. The predicted molar refractivity (Wildman–Crippen MR) is 132 cm³/mol. The molecule has 6 heteroatoms. The third-order valence-corrected chi connectivity index (χ3v) is 6.65. The average Bonchev–Trinajstić information content (AvgIpc) is 3.36. The molecule has 0 saturated carbocycles. The van der Waals surface area contributed by atoms with Crippen LogP contribution in [0.1, 0.15) is 65.1 Å². The van der Waals surface area contributed by atoms with Gasteiger partial charge in [0, 0.05) is 6.42 Å². The van der Waals surface area contributed by atoms with E-state index in [9.17, 15) is 4.79 Å². The summed E-state index contributed by atoms with van der Waals surface area (Å²) in [5.74, 6) is 1.28. The molecule has 1 heterocycles. The molecular formula is C29H28N2O4. The molecule has 0 spiro atoms. The number of hydrogen-bond acceptors (Lipinski definition) is 5. The fourth-order valence-electron chi connectivity index (χ4n) is 5.05. The summed E-state index contributed by atoms with van der Waals surface area (Å²) in [6, 6.07) is 26.4. The van der Waals surface area contributed by atoms with Gasteiger partial charge in [0.05, 0.1) is 5.92 Å². The van der Waals surface area contributed by atoms with Crippen LogP contribution < -0.4 is 4.74 Å². The zero-order chi connectivity index (χ0) is 24.0. The van der Waals surface area contributed by atoms with E-state index in [4.69, 9.17) is 19.4 Å². The van der Waals surface area contributed by atoms with E-state index in [1.165, 1.54) is 5.56 Å². The van der Waals surface area contributed by atoms with Gasteiger partial charge in [0.15, 0.2) is 12.4 Å². The van der Waals surface area contributed by atoms with Crippen LogP contribution in [0.5, 0.6) is 5.75 Å². The molecule has 0 aliphatic heterocycles. The van der Waals surface area contributed by atoms with E-state index in [2.05, 4.69) is 35.5 Å². The number of carbonyl (C=O) groups is 1. The lowest BCUT2D eigenvalue weighted by Gasteiger charge is -2.26. The minimum Gasteiger partial charge on any atom is -0.482 e. The Balaban J connectivity index is 1.33. The monoisotopic (exact) mass is 468 g/mol. The number of aryl methyl sites for hydroxylation is 1. The Hall–Kier alpha value is -3.93. The Morgan fingerprint density at radius 1 is 1.00 bits per heavy atom. The molecule has 0 fully saturated rings. The third-order valence-electron chi connectivity index (χ3n) is 6.65. The van der Waals surface area contributed by atoms with Crippen molar-refractivity contribution in [2.75, 3.05) is 6.61 Å². The van der Waals surface area contributed by atoms with Crippen LogP contribution in [0.3, 0.4) is 0 Å². The highest BCUT2D eigenvalue weighted by atomic mass is 16.5. The Kier molecular flexibility index (Phi) is 6.89. The number of carboxylic acids is 1. The van der Waals surface area contributed by atoms with Gasteiger partial charge in [0.1, 0.15) is 5.75 Å². The first kappa shape index (κ1) is 22.8. The van der Waals surface area contributed by atoms with Gasteiger partial charge in [-0.1, -0.05) is 78.0 Å². The van der Waals surface area contributed by atoms with Gasteiger partial charge in [-0.2, -0.15) is 4.98 Å². The lowest BCUT2D eigenvalue weighted by molar-refractivity contribution is -0.139. The number of benzene rings is 3. The van der Waals surface area contributed by atoms with E-state index in [-0.39, 0.29) is 12.5 Å². The fourth-order valence-corrected chi connectivity index (χ4v) is 5.05. The van der Waals surface area contributed by atoms with Crippen molar-refractivity contribution in [1.82, 2.24) is 10.1 Å². The van der Waals surface area contributed by atoms with Crippen LogP contribution in [0.25, 0.3) is 0 Å². The van der Waals surface area contributed by atoms with Crippen LogP contribution in [0.2, 0.25) is 0 Å². The smallest absolute Gasteiger partial charge is 0.341 e. The first-order valence-electron chi connectivity index (χ1n) is 12.1. The summed E-state index contributed by atoms with van der Waals surface area (Å²) in [7, 11) is 0. The minimum absolute atomic E-state index is 0.108. The molecule has 0 radical (unpaired) electrons. The number of rotatable bonds is 9. The van der Waals surface area contributed by atoms with Crippen LogP contribution in [0.15, 0.2) is 83.4 Å². The maximum atomic E-state index is 10.9.